The second-order valence-corrected chi connectivity index (χ2v) is 6.22. The van der Waals surface area contributed by atoms with Crippen LogP contribution in [0.1, 0.15) is 27.7 Å². The quantitative estimate of drug-likeness (QED) is 0.781. The Kier molecular flexibility index (Phi) is 6.05. The van der Waals surface area contributed by atoms with Crippen LogP contribution >= 0.6 is 22.9 Å². The van der Waals surface area contributed by atoms with Crippen molar-refractivity contribution in [1.29, 1.82) is 0 Å². The zero-order chi connectivity index (χ0) is 17.7. The van der Waals surface area contributed by atoms with Gasteiger partial charge in [0.05, 0.1) is 31.7 Å². The molecule has 0 saturated heterocycles. The van der Waals surface area contributed by atoms with Gasteiger partial charge in [-0.25, -0.2) is 0 Å². The first-order chi connectivity index (χ1) is 11.5. The van der Waals surface area contributed by atoms with Crippen molar-refractivity contribution in [2.45, 2.75) is 12.5 Å². The van der Waals surface area contributed by atoms with Crippen molar-refractivity contribution >= 4 is 34.8 Å². The maximum Gasteiger partial charge on any atom is 0.305 e. The van der Waals surface area contributed by atoms with E-state index in [1.54, 1.807) is 12.1 Å². The third kappa shape index (κ3) is 4.18. The molecule has 0 aliphatic rings. The molecule has 2 rings (SSSR count). The van der Waals surface area contributed by atoms with E-state index in [9.17, 15) is 9.59 Å². The number of carbonyl (C=O) groups excluding carboxylic acids is 1. The molecule has 24 heavy (non-hydrogen) atoms. The molecule has 2 N–H and O–H groups in total. The molecule has 2 aromatic rings. The van der Waals surface area contributed by atoms with Crippen LogP contribution in [0.2, 0.25) is 5.02 Å². The molecule has 0 saturated carbocycles. The number of amides is 1. The summed E-state index contributed by atoms with van der Waals surface area (Å²) in [6.07, 6.45) is -0.215. The largest absolute Gasteiger partial charge is 0.493 e. The lowest BCUT2D eigenvalue weighted by Crippen LogP contribution is -2.29. The fraction of sp³-hybridized carbons (Fsp3) is 0.250. The molecule has 1 aromatic heterocycles. The smallest absolute Gasteiger partial charge is 0.305 e. The van der Waals surface area contributed by atoms with Gasteiger partial charge in [0.25, 0.3) is 5.91 Å². The Balaban J connectivity index is 2.27. The molecule has 128 valence electrons. The van der Waals surface area contributed by atoms with Gasteiger partial charge in [-0.2, -0.15) is 0 Å². The van der Waals surface area contributed by atoms with Crippen molar-refractivity contribution in [2.24, 2.45) is 0 Å². The van der Waals surface area contributed by atoms with Crippen LogP contribution in [0.4, 0.5) is 0 Å². The highest BCUT2D eigenvalue weighted by Crippen LogP contribution is 2.36. The second-order valence-electron chi connectivity index (χ2n) is 4.83. The molecule has 0 bridgehead atoms. The van der Waals surface area contributed by atoms with Crippen molar-refractivity contribution in [1.82, 2.24) is 5.32 Å². The number of aliphatic carboxylic acids is 1. The van der Waals surface area contributed by atoms with Gasteiger partial charge in [0.1, 0.15) is 0 Å². The molecule has 1 aromatic carbocycles. The van der Waals surface area contributed by atoms with Gasteiger partial charge in [0.2, 0.25) is 0 Å². The van der Waals surface area contributed by atoms with Crippen molar-refractivity contribution in [2.75, 3.05) is 14.2 Å². The fourth-order valence-corrected chi connectivity index (χ4v) is 3.24. The van der Waals surface area contributed by atoms with Gasteiger partial charge >= 0.3 is 5.97 Å². The summed E-state index contributed by atoms with van der Waals surface area (Å²) in [6, 6.07) is 5.90. The molecular formula is C16H16ClNO5S. The molecule has 1 amide bonds. The van der Waals surface area contributed by atoms with E-state index in [-0.39, 0.29) is 17.0 Å². The number of thiophene rings is 1. The number of carbonyl (C=O) groups is 2. The first kappa shape index (κ1) is 18.1. The zero-order valence-corrected chi connectivity index (χ0v) is 14.6. The van der Waals surface area contributed by atoms with E-state index in [0.717, 1.165) is 4.88 Å². The van der Waals surface area contributed by atoms with Crippen LogP contribution < -0.4 is 14.8 Å². The van der Waals surface area contributed by atoms with Gasteiger partial charge in [-0.05, 0) is 23.6 Å². The lowest BCUT2D eigenvalue weighted by Gasteiger charge is -2.17. The highest BCUT2D eigenvalue weighted by atomic mass is 35.5. The molecule has 0 aliphatic carbocycles. The number of methoxy groups -OCH3 is 2. The minimum absolute atomic E-state index is 0.215. The predicted octanol–water partition coefficient (Wildman–Crippen LogP) is 3.36. The van der Waals surface area contributed by atoms with Crippen LogP contribution in [0.5, 0.6) is 11.5 Å². The maximum atomic E-state index is 12.5. The third-order valence-corrected chi connectivity index (χ3v) is 4.53. The van der Waals surface area contributed by atoms with Crippen LogP contribution in [0.25, 0.3) is 0 Å². The van der Waals surface area contributed by atoms with Crippen molar-refractivity contribution in [3.8, 4) is 11.5 Å². The molecule has 1 unspecified atom stereocenters. The Labute approximate surface area is 148 Å². The van der Waals surface area contributed by atoms with Crippen molar-refractivity contribution in [3.63, 3.8) is 0 Å². The average Bonchev–Trinajstić information content (AvgIpc) is 3.07. The highest BCUT2D eigenvalue weighted by molar-refractivity contribution is 7.10. The van der Waals surface area contributed by atoms with E-state index in [1.165, 1.54) is 37.7 Å². The van der Waals surface area contributed by atoms with Gasteiger partial charge in [-0.3, -0.25) is 9.59 Å². The average molecular weight is 370 g/mol. The number of carboxylic acid groups (broad SMARTS) is 1. The molecular weight excluding hydrogens is 354 g/mol. The summed E-state index contributed by atoms with van der Waals surface area (Å²) >= 11 is 7.48. The van der Waals surface area contributed by atoms with Crippen LogP contribution in [0.3, 0.4) is 0 Å². The maximum absolute atomic E-state index is 12.5. The topological polar surface area (TPSA) is 84.9 Å². The summed E-state index contributed by atoms with van der Waals surface area (Å²) in [5, 5.41) is 13.8. The van der Waals surface area contributed by atoms with E-state index >= 15 is 0 Å². The Hall–Kier alpha value is -2.25. The number of halogens is 1. The highest BCUT2D eigenvalue weighted by Gasteiger charge is 2.21. The minimum atomic E-state index is -1.00. The summed E-state index contributed by atoms with van der Waals surface area (Å²) in [4.78, 5) is 24.3. The minimum Gasteiger partial charge on any atom is -0.493 e. The van der Waals surface area contributed by atoms with Gasteiger partial charge in [-0.1, -0.05) is 17.7 Å². The van der Waals surface area contributed by atoms with Crippen LogP contribution in [0, 0.1) is 0 Å². The molecule has 1 heterocycles. The predicted molar refractivity (Wildman–Crippen MR) is 91.3 cm³/mol. The third-order valence-electron chi connectivity index (χ3n) is 3.27. The van der Waals surface area contributed by atoms with E-state index in [2.05, 4.69) is 5.32 Å². The van der Waals surface area contributed by atoms with Crippen LogP contribution in [0.15, 0.2) is 29.6 Å². The number of nitrogens with one attached hydrogen (secondary N) is 1. The molecule has 1 atom stereocenters. The summed E-state index contributed by atoms with van der Waals surface area (Å²) < 4.78 is 10.3. The summed E-state index contributed by atoms with van der Waals surface area (Å²) in [6.45, 7) is 0. The first-order valence-corrected chi connectivity index (χ1v) is 8.19. The Morgan fingerprint density at radius 1 is 1.33 bits per heavy atom. The number of rotatable bonds is 7. The number of hydrogen-bond acceptors (Lipinski definition) is 5. The standard InChI is InChI=1S/C16H16ClNO5S/c1-22-12-7-9(6-10(17)15(12)23-2)16(21)18-11(8-14(19)20)13-4-3-5-24-13/h3-7,11H,8H2,1-2H3,(H,18,21)(H,19,20). The van der Waals surface area contributed by atoms with Crippen LogP contribution in [-0.4, -0.2) is 31.2 Å². The molecule has 6 nitrogen and oxygen atoms in total. The molecule has 0 aliphatic heterocycles. The summed E-state index contributed by atoms with van der Waals surface area (Å²) in [7, 11) is 2.89. The first-order valence-electron chi connectivity index (χ1n) is 6.93. The molecule has 8 heteroatoms. The Morgan fingerprint density at radius 3 is 2.62 bits per heavy atom. The lowest BCUT2D eigenvalue weighted by atomic mass is 10.1. The van der Waals surface area contributed by atoms with E-state index in [4.69, 9.17) is 26.2 Å². The van der Waals surface area contributed by atoms with Gasteiger partial charge in [-0.15, -0.1) is 11.3 Å². The van der Waals surface area contributed by atoms with Gasteiger partial charge in [0.15, 0.2) is 11.5 Å². The second kappa shape index (κ2) is 8.03. The van der Waals surface area contributed by atoms with Gasteiger partial charge < -0.3 is 19.9 Å². The van der Waals surface area contributed by atoms with E-state index < -0.39 is 17.9 Å². The fourth-order valence-electron chi connectivity index (χ4n) is 2.18. The Morgan fingerprint density at radius 2 is 2.08 bits per heavy atom. The van der Waals surface area contributed by atoms with E-state index in [0.29, 0.717) is 11.5 Å². The molecule has 0 fully saturated rings. The SMILES string of the molecule is COc1cc(C(=O)NC(CC(=O)O)c2cccs2)cc(Cl)c1OC. The lowest BCUT2D eigenvalue weighted by molar-refractivity contribution is -0.137. The molecule has 0 radical (unpaired) electrons. The van der Waals surface area contributed by atoms with E-state index in [1.807, 2.05) is 5.38 Å². The Bertz CT molecular complexity index is 732. The van der Waals surface area contributed by atoms with Crippen LogP contribution in [-0.2, 0) is 4.79 Å². The zero-order valence-electron chi connectivity index (χ0n) is 13.0. The number of hydrogen-bond donors (Lipinski definition) is 2. The number of carboxylic acids is 1. The number of benzene rings is 1. The molecule has 0 spiro atoms. The summed E-state index contributed by atoms with van der Waals surface area (Å²) in [5.74, 6) is -0.798. The van der Waals surface area contributed by atoms with Crippen molar-refractivity contribution < 1.29 is 24.2 Å². The van der Waals surface area contributed by atoms with Crippen molar-refractivity contribution in [3.05, 3.63) is 45.1 Å². The van der Waals surface area contributed by atoms with Gasteiger partial charge in [0, 0.05) is 10.4 Å². The monoisotopic (exact) mass is 369 g/mol. The number of ether oxygens (including phenoxy) is 2. The summed E-state index contributed by atoms with van der Waals surface area (Å²) in [5.41, 5.74) is 0.254. The normalized spacial score (nSPS) is 11.6.